The van der Waals surface area contributed by atoms with Crippen molar-refractivity contribution in [3.05, 3.63) is 48.2 Å². The Kier molecular flexibility index (Phi) is 4.38. The molecule has 17 heavy (non-hydrogen) atoms. The number of thioether (sulfide) groups is 1. The molecule has 1 N–H and O–H groups in total. The van der Waals surface area contributed by atoms with Crippen molar-refractivity contribution in [2.75, 3.05) is 17.6 Å². The molecule has 0 unspecified atom stereocenters. The molecule has 0 aliphatic heterocycles. The Morgan fingerprint density at radius 2 is 2.06 bits per heavy atom. The number of anilines is 1. The van der Waals surface area contributed by atoms with Crippen LogP contribution >= 0.6 is 11.8 Å². The first kappa shape index (κ1) is 11.9. The quantitative estimate of drug-likeness (QED) is 0.649. The summed E-state index contributed by atoms with van der Waals surface area (Å²) in [4.78, 5) is 1.30. The van der Waals surface area contributed by atoms with Crippen molar-refractivity contribution in [3.63, 3.8) is 0 Å². The van der Waals surface area contributed by atoms with Crippen LogP contribution in [0.5, 0.6) is 0 Å². The number of hydrogen-bond acceptors (Lipinski definition) is 4. The van der Waals surface area contributed by atoms with Gasteiger partial charge in [0.25, 0.3) is 0 Å². The number of nitrogens with one attached hydrogen (secondary N) is 1. The third kappa shape index (κ3) is 4.07. The van der Waals surface area contributed by atoms with Crippen LogP contribution in [-0.2, 0) is 0 Å². The first-order valence-corrected chi connectivity index (χ1v) is 6.54. The Hall–Kier alpha value is -1.55. The summed E-state index contributed by atoms with van der Waals surface area (Å²) in [6, 6.07) is 12.4. The fraction of sp³-hybridized carbons (Fsp3) is 0.231. The molecule has 0 fully saturated rings. The second kappa shape index (κ2) is 6.25. The summed E-state index contributed by atoms with van der Waals surface area (Å²) >= 11 is 1.83. The van der Waals surface area contributed by atoms with Gasteiger partial charge in [0.1, 0.15) is 5.82 Å². The van der Waals surface area contributed by atoms with Crippen LogP contribution in [-0.4, -0.2) is 22.5 Å². The average Bonchev–Trinajstić information content (AvgIpc) is 2.36. The minimum atomic E-state index is 0.846. The van der Waals surface area contributed by atoms with Gasteiger partial charge in [0, 0.05) is 17.2 Å². The topological polar surface area (TPSA) is 37.8 Å². The normalized spacial score (nSPS) is 10.2. The predicted octanol–water partition coefficient (Wildman–Crippen LogP) is 2.99. The Bertz CT molecular complexity index is 459. The monoisotopic (exact) mass is 245 g/mol. The van der Waals surface area contributed by atoms with Crippen molar-refractivity contribution >= 4 is 17.6 Å². The van der Waals surface area contributed by atoms with E-state index in [0.29, 0.717) is 0 Å². The van der Waals surface area contributed by atoms with Crippen LogP contribution in [0.2, 0.25) is 0 Å². The van der Waals surface area contributed by atoms with Gasteiger partial charge in [0.05, 0.1) is 6.20 Å². The Morgan fingerprint density at radius 1 is 1.24 bits per heavy atom. The van der Waals surface area contributed by atoms with E-state index in [1.165, 1.54) is 4.90 Å². The van der Waals surface area contributed by atoms with Gasteiger partial charge in [0.15, 0.2) is 0 Å². The highest BCUT2D eigenvalue weighted by molar-refractivity contribution is 7.99. The van der Waals surface area contributed by atoms with Crippen LogP contribution in [0.25, 0.3) is 0 Å². The van der Waals surface area contributed by atoms with Gasteiger partial charge in [-0.2, -0.15) is 5.10 Å². The second-order valence-electron chi connectivity index (χ2n) is 3.71. The summed E-state index contributed by atoms with van der Waals surface area (Å²) in [5, 5.41) is 11.2. The summed E-state index contributed by atoms with van der Waals surface area (Å²) in [5.74, 6) is 1.86. The summed E-state index contributed by atoms with van der Waals surface area (Å²) in [6.07, 6.45) is 1.75. The molecular weight excluding hydrogens is 230 g/mol. The van der Waals surface area contributed by atoms with E-state index in [1.54, 1.807) is 6.20 Å². The highest BCUT2D eigenvalue weighted by atomic mass is 32.2. The fourth-order valence-corrected chi connectivity index (χ4v) is 2.20. The number of nitrogens with zero attached hydrogens (tertiary/aromatic N) is 2. The largest absolute Gasteiger partial charge is 0.368 e. The lowest BCUT2D eigenvalue weighted by Crippen LogP contribution is -2.06. The molecule has 2 rings (SSSR count). The van der Waals surface area contributed by atoms with Gasteiger partial charge >= 0.3 is 0 Å². The number of hydrogen-bond donors (Lipinski definition) is 1. The van der Waals surface area contributed by atoms with Crippen LogP contribution in [0, 0.1) is 6.92 Å². The van der Waals surface area contributed by atoms with Gasteiger partial charge in [-0.25, -0.2) is 0 Å². The number of rotatable bonds is 5. The molecule has 0 atom stereocenters. The van der Waals surface area contributed by atoms with Gasteiger partial charge in [-0.15, -0.1) is 16.9 Å². The molecule has 4 heteroatoms. The van der Waals surface area contributed by atoms with Gasteiger partial charge in [-0.1, -0.05) is 18.2 Å². The van der Waals surface area contributed by atoms with Crippen molar-refractivity contribution in [2.24, 2.45) is 0 Å². The summed E-state index contributed by atoms with van der Waals surface area (Å²) in [6.45, 7) is 2.90. The van der Waals surface area contributed by atoms with Crippen LogP contribution < -0.4 is 5.32 Å². The molecule has 0 amide bonds. The first-order chi connectivity index (χ1) is 8.34. The van der Waals surface area contributed by atoms with E-state index >= 15 is 0 Å². The summed E-state index contributed by atoms with van der Waals surface area (Å²) in [5.41, 5.74) is 1.12. The van der Waals surface area contributed by atoms with E-state index in [4.69, 9.17) is 0 Å². The van der Waals surface area contributed by atoms with E-state index in [0.717, 1.165) is 23.7 Å². The molecular formula is C13H15N3S. The fourth-order valence-electron chi connectivity index (χ4n) is 1.42. The van der Waals surface area contributed by atoms with E-state index in [-0.39, 0.29) is 0 Å². The van der Waals surface area contributed by atoms with Crippen LogP contribution in [0.1, 0.15) is 5.56 Å². The van der Waals surface area contributed by atoms with Crippen molar-refractivity contribution in [1.82, 2.24) is 10.2 Å². The number of benzene rings is 1. The van der Waals surface area contributed by atoms with E-state index < -0.39 is 0 Å². The van der Waals surface area contributed by atoms with Crippen LogP contribution in [0.15, 0.2) is 47.5 Å². The van der Waals surface area contributed by atoms with Gasteiger partial charge in [-0.3, -0.25) is 0 Å². The molecule has 1 aromatic heterocycles. The number of aromatic nitrogens is 2. The lowest BCUT2D eigenvalue weighted by atomic mass is 10.3. The minimum Gasteiger partial charge on any atom is -0.368 e. The predicted molar refractivity (Wildman–Crippen MR) is 72.4 cm³/mol. The maximum Gasteiger partial charge on any atom is 0.148 e. The lowest BCUT2D eigenvalue weighted by Gasteiger charge is -2.05. The third-order valence-electron chi connectivity index (χ3n) is 2.21. The third-order valence-corrected chi connectivity index (χ3v) is 3.23. The Labute approximate surface area is 106 Å². The van der Waals surface area contributed by atoms with Crippen molar-refractivity contribution < 1.29 is 0 Å². The van der Waals surface area contributed by atoms with E-state index in [1.807, 2.05) is 30.8 Å². The zero-order valence-corrected chi connectivity index (χ0v) is 10.6. The molecule has 0 spiro atoms. The van der Waals surface area contributed by atoms with Crippen LogP contribution in [0.3, 0.4) is 0 Å². The van der Waals surface area contributed by atoms with Crippen molar-refractivity contribution in [2.45, 2.75) is 11.8 Å². The maximum atomic E-state index is 4.01. The standard InChI is InChI=1S/C13H15N3S/c1-11-9-13(16-15-10-11)14-7-8-17-12-5-3-2-4-6-12/h2-6,9-10H,7-8H2,1H3,(H,14,16). The Balaban J connectivity index is 1.73. The van der Waals surface area contributed by atoms with Crippen molar-refractivity contribution in [3.8, 4) is 0 Å². The summed E-state index contributed by atoms with van der Waals surface area (Å²) < 4.78 is 0. The molecule has 0 radical (unpaired) electrons. The van der Waals surface area contributed by atoms with Gasteiger partial charge in [-0.05, 0) is 30.7 Å². The number of aryl methyl sites for hydroxylation is 1. The average molecular weight is 245 g/mol. The lowest BCUT2D eigenvalue weighted by molar-refractivity contribution is 1.000. The molecule has 0 bridgehead atoms. The SMILES string of the molecule is Cc1cnnc(NCCSc2ccccc2)c1. The van der Waals surface area contributed by atoms with Crippen LogP contribution in [0.4, 0.5) is 5.82 Å². The molecule has 1 heterocycles. The minimum absolute atomic E-state index is 0.846. The highest BCUT2D eigenvalue weighted by Crippen LogP contribution is 2.16. The molecule has 3 nitrogen and oxygen atoms in total. The zero-order chi connectivity index (χ0) is 11.9. The maximum absolute atomic E-state index is 4.01. The second-order valence-corrected chi connectivity index (χ2v) is 4.87. The zero-order valence-electron chi connectivity index (χ0n) is 9.76. The van der Waals surface area contributed by atoms with Gasteiger partial charge < -0.3 is 5.32 Å². The Morgan fingerprint density at radius 3 is 2.82 bits per heavy atom. The van der Waals surface area contributed by atoms with Crippen molar-refractivity contribution in [1.29, 1.82) is 0 Å². The molecule has 88 valence electrons. The molecule has 0 aliphatic carbocycles. The smallest absolute Gasteiger partial charge is 0.148 e. The van der Waals surface area contributed by atoms with E-state index in [2.05, 4.69) is 39.8 Å². The van der Waals surface area contributed by atoms with E-state index in [9.17, 15) is 0 Å². The van der Waals surface area contributed by atoms with Gasteiger partial charge in [0.2, 0.25) is 0 Å². The molecule has 0 saturated heterocycles. The molecule has 0 aliphatic rings. The summed E-state index contributed by atoms with van der Waals surface area (Å²) in [7, 11) is 0. The highest BCUT2D eigenvalue weighted by Gasteiger charge is 1.95. The molecule has 2 aromatic rings. The molecule has 0 saturated carbocycles. The molecule has 1 aromatic carbocycles. The first-order valence-electron chi connectivity index (χ1n) is 5.55.